The second kappa shape index (κ2) is 9.13. The van der Waals surface area contributed by atoms with Gasteiger partial charge >= 0.3 is 0 Å². The van der Waals surface area contributed by atoms with Crippen molar-refractivity contribution in [2.24, 2.45) is 0 Å². The molecule has 0 saturated carbocycles. The minimum absolute atomic E-state index is 0.466. The molecule has 1 aromatic heterocycles. The Kier molecular flexibility index (Phi) is 6.13. The van der Waals surface area contributed by atoms with Gasteiger partial charge < -0.3 is 4.57 Å². The lowest BCUT2D eigenvalue weighted by Gasteiger charge is -2.38. The number of hydrogen-bond donors (Lipinski definition) is 0. The maximum Gasteiger partial charge on any atom is 0.121 e. The van der Waals surface area contributed by atoms with Gasteiger partial charge in [-0.25, -0.2) is 4.98 Å². The molecule has 0 amide bonds. The molecule has 0 atom stereocenters. The van der Waals surface area contributed by atoms with Gasteiger partial charge in [0.25, 0.3) is 0 Å². The molecule has 0 spiro atoms. The zero-order valence-electron chi connectivity index (χ0n) is 18.0. The van der Waals surface area contributed by atoms with E-state index in [0.29, 0.717) is 0 Å². The van der Waals surface area contributed by atoms with E-state index < -0.39 is 5.54 Å². The van der Waals surface area contributed by atoms with Crippen molar-refractivity contribution in [1.29, 1.82) is 0 Å². The molecule has 2 nitrogen and oxygen atoms in total. The van der Waals surface area contributed by atoms with Crippen LogP contribution in [0, 0.1) is 0 Å². The van der Waals surface area contributed by atoms with Crippen LogP contribution < -0.4 is 0 Å². The van der Waals surface area contributed by atoms with Crippen LogP contribution in [0.5, 0.6) is 0 Å². The van der Waals surface area contributed by atoms with E-state index in [1.165, 1.54) is 28.8 Å². The van der Waals surface area contributed by atoms with Crippen LogP contribution in [0.3, 0.4) is 0 Å². The van der Waals surface area contributed by atoms with Crippen molar-refractivity contribution < 1.29 is 0 Å². The van der Waals surface area contributed by atoms with Gasteiger partial charge in [-0.15, -0.1) is 0 Å². The number of imidazole rings is 1. The summed E-state index contributed by atoms with van der Waals surface area (Å²) < 4.78 is 2.43. The molecule has 3 aromatic carbocycles. The molecule has 2 heteroatoms. The zero-order chi connectivity index (χ0) is 20.8. The van der Waals surface area contributed by atoms with Gasteiger partial charge in [-0.3, -0.25) is 0 Å². The van der Waals surface area contributed by atoms with E-state index in [0.717, 1.165) is 25.1 Å². The first kappa shape index (κ1) is 20.2. The summed E-state index contributed by atoms with van der Waals surface area (Å²) in [6.07, 6.45) is 6.54. The first-order chi connectivity index (χ1) is 14.8. The average Bonchev–Trinajstić information content (AvgIpc) is 3.24. The lowest BCUT2D eigenvalue weighted by molar-refractivity contribution is 0.494. The number of benzene rings is 3. The Bertz CT molecular complexity index is 953. The molecule has 0 unspecified atom stereocenters. The van der Waals surface area contributed by atoms with Crippen LogP contribution in [0.1, 0.15) is 54.9 Å². The summed E-state index contributed by atoms with van der Waals surface area (Å²) >= 11 is 0. The van der Waals surface area contributed by atoms with Crippen LogP contribution >= 0.6 is 0 Å². The van der Waals surface area contributed by atoms with Crippen LogP contribution in [0.15, 0.2) is 97.2 Å². The van der Waals surface area contributed by atoms with E-state index in [1.54, 1.807) is 0 Å². The number of aryl methyl sites for hydroxylation is 2. The molecular formula is C28H30N2. The molecule has 0 radical (unpaired) electrons. The van der Waals surface area contributed by atoms with Gasteiger partial charge in [0.05, 0.1) is 5.69 Å². The summed E-state index contributed by atoms with van der Waals surface area (Å²) in [5.74, 6) is 1.12. The SMILES string of the molecule is CCCCc1cn(C(c2ccccc2)(c2ccccc2)c2ccccc2)c(CC)n1. The predicted octanol–water partition coefficient (Wildman–Crippen LogP) is 6.63. The van der Waals surface area contributed by atoms with Crippen molar-refractivity contribution in [3.63, 3.8) is 0 Å². The fourth-order valence-electron chi connectivity index (χ4n) is 4.45. The van der Waals surface area contributed by atoms with Crippen molar-refractivity contribution in [2.75, 3.05) is 0 Å². The number of nitrogens with zero attached hydrogens (tertiary/aromatic N) is 2. The summed E-state index contributed by atoms with van der Waals surface area (Å²) in [7, 11) is 0. The third kappa shape index (κ3) is 3.59. The maximum absolute atomic E-state index is 5.07. The quantitative estimate of drug-likeness (QED) is 0.307. The van der Waals surface area contributed by atoms with E-state index in [9.17, 15) is 0 Å². The Morgan fingerprint density at radius 2 is 1.17 bits per heavy atom. The number of hydrogen-bond acceptors (Lipinski definition) is 1. The molecule has 4 rings (SSSR count). The third-order valence-corrected chi connectivity index (χ3v) is 5.87. The molecule has 0 aliphatic rings. The van der Waals surface area contributed by atoms with Crippen LogP contribution in [-0.2, 0) is 18.4 Å². The Hall–Kier alpha value is -3.13. The van der Waals surface area contributed by atoms with Gasteiger partial charge in [0.1, 0.15) is 11.4 Å². The summed E-state index contributed by atoms with van der Waals surface area (Å²) in [6, 6.07) is 32.5. The minimum atomic E-state index is -0.466. The molecule has 0 aliphatic heterocycles. The monoisotopic (exact) mass is 394 g/mol. The molecule has 1 heterocycles. The second-order valence-electron chi connectivity index (χ2n) is 7.78. The minimum Gasteiger partial charge on any atom is -0.316 e. The molecule has 0 N–H and O–H groups in total. The van der Waals surface area contributed by atoms with Gasteiger partial charge in [-0.1, -0.05) is 111 Å². The maximum atomic E-state index is 5.07. The Labute approximate surface area is 180 Å². The number of aromatic nitrogens is 2. The lowest BCUT2D eigenvalue weighted by Crippen LogP contribution is -2.38. The molecule has 4 aromatic rings. The Morgan fingerprint density at radius 3 is 1.57 bits per heavy atom. The molecule has 0 bridgehead atoms. The molecule has 0 saturated heterocycles. The van der Waals surface area contributed by atoms with Gasteiger partial charge in [0.2, 0.25) is 0 Å². The normalized spacial score (nSPS) is 11.5. The second-order valence-corrected chi connectivity index (χ2v) is 7.78. The summed E-state index contributed by atoms with van der Waals surface area (Å²) in [6.45, 7) is 4.44. The fraction of sp³-hybridized carbons (Fsp3) is 0.250. The van der Waals surface area contributed by atoms with Gasteiger partial charge in [0.15, 0.2) is 0 Å². The first-order valence-electron chi connectivity index (χ1n) is 11.0. The van der Waals surface area contributed by atoms with E-state index >= 15 is 0 Å². The highest BCUT2D eigenvalue weighted by molar-refractivity contribution is 5.51. The first-order valence-corrected chi connectivity index (χ1v) is 11.0. The number of unbranched alkanes of at least 4 members (excludes halogenated alkanes) is 1. The third-order valence-electron chi connectivity index (χ3n) is 5.87. The molecule has 152 valence electrons. The highest BCUT2D eigenvalue weighted by Crippen LogP contribution is 2.41. The van der Waals surface area contributed by atoms with Crippen molar-refractivity contribution in [1.82, 2.24) is 9.55 Å². The lowest BCUT2D eigenvalue weighted by atomic mass is 9.76. The van der Waals surface area contributed by atoms with E-state index in [-0.39, 0.29) is 0 Å². The van der Waals surface area contributed by atoms with E-state index in [1.807, 2.05) is 0 Å². The van der Waals surface area contributed by atoms with Gasteiger partial charge in [-0.2, -0.15) is 0 Å². The van der Waals surface area contributed by atoms with Crippen molar-refractivity contribution in [3.8, 4) is 0 Å². The fourth-order valence-corrected chi connectivity index (χ4v) is 4.45. The zero-order valence-corrected chi connectivity index (χ0v) is 18.0. The Morgan fingerprint density at radius 1 is 0.700 bits per heavy atom. The summed E-state index contributed by atoms with van der Waals surface area (Å²) in [5.41, 5.74) is 4.46. The topological polar surface area (TPSA) is 17.8 Å². The van der Waals surface area contributed by atoms with Crippen LogP contribution in [-0.4, -0.2) is 9.55 Å². The highest BCUT2D eigenvalue weighted by atomic mass is 15.1. The van der Waals surface area contributed by atoms with E-state index in [4.69, 9.17) is 4.98 Å². The molecule has 0 fully saturated rings. The summed E-state index contributed by atoms with van der Waals surface area (Å²) in [4.78, 5) is 5.07. The van der Waals surface area contributed by atoms with Gasteiger partial charge in [0, 0.05) is 12.6 Å². The van der Waals surface area contributed by atoms with E-state index in [2.05, 4.69) is 116 Å². The van der Waals surface area contributed by atoms with Gasteiger partial charge in [-0.05, 0) is 29.5 Å². The van der Waals surface area contributed by atoms with Crippen LogP contribution in [0.2, 0.25) is 0 Å². The molecule has 0 aliphatic carbocycles. The highest BCUT2D eigenvalue weighted by Gasteiger charge is 2.39. The van der Waals surface area contributed by atoms with Crippen LogP contribution in [0.25, 0.3) is 0 Å². The predicted molar refractivity (Wildman–Crippen MR) is 125 cm³/mol. The number of rotatable bonds is 8. The standard InChI is InChI=1S/C28H30N2/c1-3-5-21-26-22-30(27(4-2)29-26)28(23-15-9-6-10-16-23,24-17-11-7-12-18-24)25-19-13-8-14-20-25/h6-20,22H,3-5,21H2,1-2H3. The molecular weight excluding hydrogens is 364 g/mol. The van der Waals surface area contributed by atoms with Crippen molar-refractivity contribution in [3.05, 3.63) is 125 Å². The van der Waals surface area contributed by atoms with Crippen molar-refractivity contribution >= 4 is 0 Å². The largest absolute Gasteiger partial charge is 0.316 e. The Balaban J connectivity index is 2.07. The van der Waals surface area contributed by atoms with Crippen molar-refractivity contribution in [2.45, 2.75) is 45.1 Å². The smallest absolute Gasteiger partial charge is 0.121 e. The summed E-state index contributed by atoms with van der Waals surface area (Å²) in [5, 5.41) is 0. The molecule has 30 heavy (non-hydrogen) atoms. The van der Waals surface area contributed by atoms with Crippen LogP contribution in [0.4, 0.5) is 0 Å². The average molecular weight is 395 g/mol.